The number of hydrogen-bond acceptors (Lipinski definition) is 7. The third-order valence-electron chi connectivity index (χ3n) is 11.0. The number of aliphatic hydroxyl groups excluding tert-OH is 1. The van der Waals surface area contributed by atoms with Gasteiger partial charge in [-0.05, 0) is 61.8 Å². The molecule has 3 aliphatic rings. The zero-order valence-electron chi connectivity index (χ0n) is 30.5. The number of nitrogens with zero attached hydrogens (tertiary/aromatic N) is 2. The fraction of sp³-hybridized carbons (Fsp3) is 0.395. The van der Waals surface area contributed by atoms with Gasteiger partial charge < -0.3 is 29.7 Å². The molecule has 3 heterocycles. The van der Waals surface area contributed by atoms with Crippen molar-refractivity contribution in [2.45, 2.75) is 75.8 Å². The number of hydrogen-bond donors (Lipinski definition) is 2. The third kappa shape index (κ3) is 7.30. The van der Waals surface area contributed by atoms with E-state index < -0.39 is 66.1 Å². The molecule has 1 spiro atoms. The topological polar surface area (TPSA) is 125 Å². The summed E-state index contributed by atoms with van der Waals surface area (Å²) in [6, 6.07) is 22.0. The number of aryl methyl sites for hydroxylation is 2. The Hall–Kier alpha value is -5.06. The van der Waals surface area contributed by atoms with E-state index in [0.29, 0.717) is 25.7 Å². The normalized spacial score (nSPS) is 23.9. The number of allylic oxidation sites excluding steroid dienone is 1. The van der Waals surface area contributed by atoms with E-state index in [1.165, 1.54) is 4.90 Å². The Balaban J connectivity index is 1.38. The van der Waals surface area contributed by atoms with Gasteiger partial charge in [-0.2, -0.15) is 0 Å². The number of anilines is 1. The van der Waals surface area contributed by atoms with Gasteiger partial charge in [0.1, 0.15) is 18.2 Å². The number of esters is 1. The van der Waals surface area contributed by atoms with Crippen LogP contribution in [-0.4, -0.2) is 77.2 Å². The largest absolute Gasteiger partial charge is 0.463 e. The van der Waals surface area contributed by atoms with Crippen LogP contribution in [0.3, 0.4) is 0 Å². The van der Waals surface area contributed by atoms with E-state index in [2.05, 4.69) is 18.5 Å². The van der Waals surface area contributed by atoms with E-state index in [0.717, 1.165) is 27.9 Å². The molecule has 10 heteroatoms. The van der Waals surface area contributed by atoms with Gasteiger partial charge in [-0.15, -0.1) is 13.2 Å². The lowest BCUT2D eigenvalue weighted by atomic mass is 9.70. The van der Waals surface area contributed by atoms with Crippen molar-refractivity contribution in [2.24, 2.45) is 11.8 Å². The molecule has 3 saturated heterocycles. The summed E-state index contributed by atoms with van der Waals surface area (Å²) in [7, 11) is 0. The number of carbonyl (C=O) groups excluding carboxylic acids is 4. The predicted octanol–water partition coefficient (Wildman–Crippen LogP) is 5.17. The lowest BCUT2D eigenvalue weighted by Crippen LogP contribution is -2.59. The van der Waals surface area contributed by atoms with Crippen LogP contribution in [0.25, 0.3) is 0 Å². The Morgan fingerprint density at radius 2 is 1.70 bits per heavy atom. The maximum absolute atomic E-state index is 15.2. The molecule has 0 radical (unpaired) electrons. The van der Waals surface area contributed by atoms with Gasteiger partial charge in [-0.1, -0.05) is 91.0 Å². The molecule has 3 aromatic carbocycles. The molecule has 0 aromatic heterocycles. The highest BCUT2D eigenvalue weighted by Crippen LogP contribution is 2.59. The van der Waals surface area contributed by atoms with Crippen LogP contribution in [0.5, 0.6) is 0 Å². The first-order valence-electron chi connectivity index (χ1n) is 18.4. The summed E-state index contributed by atoms with van der Waals surface area (Å²) in [6.07, 6.45) is 4.49. The maximum atomic E-state index is 15.2. The summed E-state index contributed by atoms with van der Waals surface area (Å²) in [5.74, 6) is -3.46. The monoisotopic (exact) mass is 719 g/mol. The number of likely N-dealkylation sites (tertiary alicyclic amines) is 1. The molecule has 3 amide bonds. The Kier molecular flexibility index (Phi) is 11.6. The van der Waals surface area contributed by atoms with E-state index in [1.807, 2.05) is 92.7 Å². The van der Waals surface area contributed by atoms with E-state index in [9.17, 15) is 14.7 Å². The van der Waals surface area contributed by atoms with Crippen LogP contribution < -0.4 is 10.2 Å². The smallest absolute Gasteiger partial charge is 0.306 e. The van der Waals surface area contributed by atoms with Gasteiger partial charge in [0, 0.05) is 18.7 Å². The van der Waals surface area contributed by atoms with Crippen molar-refractivity contribution in [3.63, 3.8) is 0 Å². The van der Waals surface area contributed by atoms with Crippen molar-refractivity contribution in [1.82, 2.24) is 10.2 Å². The number of carbonyl (C=O) groups is 4. The Morgan fingerprint density at radius 3 is 2.34 bits per heavy atom. The van der Waals surface area contributed by atoms with Crippen molar-refractivity contribution >= 4 is 29.4 Å². The molecule has 278 valence electrons. The van der Waals surface area contributed by atoms with Crippen LogP contribution >= 0.6 is 0 Å². The minimum Gasteiger partial charge on any atom is -0.463 e. The van der Waals surface area contributed by atoms with Crippen LogP contribution in [0.15, 0.2) is 104 Å². The summed E-state index contributed by atoms with van der Waals surface area (Å²) >= 11 is 0. The molecule has 0 unspecified atom stereocenters. The average molecular weight is 720 g/mol. The number of benzene rings is 3. The standard InChI is InChI=1S/C43H49N3O7/c1-5-7-21-35(48)52-27-33(31-19-12-9-13-20-31)44-40(49)36-34-22-23-43(53-34)37(36)41(50)46(32(26-47)25-30-17-10-8-11-18-30)39(43)42(51)45(24-6-2)38-28(3)15-14-16-29(38)4/h5-6,8-20,32-34,36-37,39,47H,1-2,7,21-27H2,3-4H3,(H,44,49)/t32-,33+,34+,36-,37-,39+,43-/m1/s1. The van der Waals surface area contributed by atoms with Crippen LogP contribution in [0.4, 0.5) is 5.69 Å². The van der Waals surface area contributed by atoms with Crippen molar-refractivity contribution in [3.05, 3.63) is 126 Å². The van der Waals surface area contributed by atoms with Gasteiger partial charge in [0.25, 0.3) is 5.91 Å². The molecule has 0 aliphatic carbocycles. The fourth-order valence-corrected chi connectivity index (χ4v) is 8.64. The summed E-state index contributed by atoms with van der Waals surface area (Å²) in [6.45, 7) is 11.2. The maximum Gasteiger partial charge on any atom is 0.306 e. The van der Waals surface area contributed by atoms with Gasteiger partial charge in [-0.25, -0.2) is 0 Å². The highest BCUT2D eigenvalue weighted by atomic mass is 16.5. The number of aliphatic hydroxyl groups is 1. The number of rotatable bonds is 16. The van der Waals surface area contributed by atoms with Gasteiger partial charge in [0.15, 0.2) is 0 Å². The number of para-hydroxylation sites is 1. The second-order valence-electron chi connectivity index (χ2n) is 14.3. The lowest BCUT2D eigenvalue weighted by Gasteiger charge is -2.40. The molecular weight excluding hydrogens is 670 g/mol. The van der Waals surface area contributed by atoms with Crippen molar-refractivity contribution < 1.29 is 33.8 Å². The van der Waals surface area contributed by atoms with Gasteiger partial charge in [0.2, 0.25) is 11.8 Å². The molecule has 0 saturated carbocycles. The first kappa shape index (κ1) is 37.7. The molecule has 2 bridgehead atoms. The minimum absolute atomic E-state index is 0.100. The second kappa shape index (κ2) is 16.3. The highest BCUT2D eigenvalue weighted by molar-refractivity contribution is 6.05. The molecule has 10 nitrogen and oxygen atoms in total. The molecule has 3 aliphatic heterocycles. The summed E-state index contributed by atoms with van der Waals surface area (Å²) in [5.41, 5.74) is 2.83. The second-order valence-corrected chi connectivity index (χ2v) is 14.3. The Bertz CT molecular complexity index is 1810. The SMILES string of the molecule is C=CCCC(=O)OC[C@H](NC(=O)[C@@H]1[C@@H]2CC[C@]3(O2)[C@H](C(=O)N(CC=C)c2c(C)cccc2C)N([C@@H](CO)Cc2ccccc2)C(=O)[C@@H]13)c1ccccc1. The number of nitrogens with one attached hydrogen (secondary N) is 1. The van der Waals surface area contributed by atoms with Crippen LogP contribution in [0, 0.1) is 25.7 Å². The van der Waals surface area contributed by atoms with Crippen molar-refractivity contribution in [1.29, 1.82) is 0 Å². The molecule has 3 aromatic rings. The van der Waals surface area contributed by atoms with E-state index >= 15 is 9.59 Å². The Labute approximate surface area is 311 Å². The molecular formula is C43H49N3O7. The average Bonchev–Trinajstić information content (AvgIpc) is 3.82. The zero-order valence-corrected chi connectivity index (χ0v) is 30.5. The van der Waals surface area contributed by atoms with E-state index in [4.69, 9.17) is 9.47 Å². The highest BCUT2D eigenvalue weighted by Gasteiger charge is 2.75. The molecule has 53 heavy (non-hydrogen) atoms. The van der Waals surface area contributed by atoms with Gasteiger partial charge >= 0.3 is 5.97 Å². The van der Waals surface area contributed by atoms with Crippen LogP contribution in [0.1, 0.15) is 54.0 Å². The lowest BCUT2D eigenvalue weighted by molar-refractivity contribution is -0.146. The number of ether oxygens (including phenoxy) is 2. The molecule has 6 rings (SSSR count). The quantitative estimate of drug-likeness (QED) is 0.155. The molecule has 2 N–H and O–H groups in total. The van der Waals surface area contributed by atoms with E-state index in [1.54, 1.807) is 17.1 Å². The third-order valence-corrected chi connectivity index (χ3v) is 11.0. The van der Waals surface area contributed by atoms with E-state index in [-0.39, 0.29) is 25.5 Å². The first-order valence-corrected chi connectivity index (χ1v) is 18.4. The zero-order chi connectivity index (χ0) is 37.7. The van der Waals surface area contributed by atoms with Gasteiger partial charge in [0.05, 0.1) is 36.6 Å². The van der Waals surface area contributed by atoms with Crippen LogP contribution in [-0.2, 0) is 35.1 Å². The summed E-state index contributed by atoms with van der Waals surface area (Å²) < 4.78 is 12.4. The van der Waals surface area contributed by atoms with Crippen molar-refractivity contribution in [2.75, 3.05) is 24.7 Å². The Morgan fingerprint density at radius 1 is 1.02 bits per heavy atom. The number of fused-ring (bicyclic) bond motifs is 1. The van der Waals surface area contributed by atoms with Gasteiger partial charge in [-0.3, -0.25) is 19.2 Å². The summed E-state index contributed by atoms with van der Waals surface area (Å²) in [5, 5.41) is 14.0. The fourth-order valence-electron chi connectivity index (χ4n) is 8.64. The van der Waals surface area contributed by atoms with Crippen molar-refractivity contribution in [3.8, 4) is 0 Å². The molecule has 3 fully saturated rings. The first-order chi connectivity index (χ1) is 25.6. The van der Waals surface area contributed by atoms with Crippen LogP contribution in [0.2, 0.25) is 0 Å². The molecule has 7 atom stereocenters. The summed E-state index contributed by atoms with van der Waals surface area (Å²) in [4.78, 5) is 60.4. The number of amides is 3. The minimum atomic E-state index is -1.31. The predicted molar refractivity (Wildman–Crippen MR) is 202 cm³/mol.